The van der Waals surface area contributed by atoms with Gasteiger partial charge in [-0.25, -0.2) is 4.98 Å². The first-order valence-electron chi connectivity index (χ1n) is 8.86. The summed E-state index contributed by atoms with van der Waals surface area (Å²) in [7, 11) is 0. The van der Waals surface area contributed by atoms with Crippen molar-refractivity contribution < 1.29 is 4.79 Å². The number of nitrogen functional groups attached to an aromatic ring is 1. The molecule has 0 saturated carbocycles. The van der Waals surface area contributed by atoms with Crippen LogP contribution in [-0.2, 0) is 0 Å². The normalized spacial score (nSPS) is 11.4. The van der Waals surface area contributed by atoms with E-state index in [1.165, 1.54) is 18.3 Å². The molecule has 0 aliphatic rings. The molecule has 2 aromatic heterocycles. The van der Waals surface area contributed by atoms with Crippen LogP contribution < -0.4 is 5.73 Å². The molecule has 0 unspecified atom stereocenters. The molecule has 144 valence electrons. The number of carbonyl (C=O) groups excluding carboxylic acids is 1. The van der Waals surface area contributed by atoms with E-state index in [2.05, 4.69) is 0 Å². The molecule has 2 heterocycles. The number of fused-ring (bicyclic) bond motifs is 1. The molecule has 0 aliphatic heterocycles. The Balaban J connectivity index is 1.89. The zero-order chi connectivity index (χ0) is 20.5. The fraction of sp³-hybridized carbons (Fsp3) is 0.0435. The molecule has 4 aromatic rings. The zero-order valence-electron chi connectivity index (χ0n) is 15.4. The van der Waals surface area contributed by atoms with Crippen LogP contribution in [0.5, 0.6) is 0 Å². The number of nitrogens with zero attached hydrogens (tertiary/aromatic N) is 1. The highest BCUT2D eigenvalue weighted by Gasteiger charge is 2.18. The molecule has 2 N–H and O–H groups in total. The number of Topliss-reactive ketones (excluding diaryl/α,β-unsaturated/α-hetero) is 1. The summed E-state index contributed by atoms with van der Waals surface area (Å²) in [6, 6.07) is 17.1. The van der Waals surface area contributed by atoms with Gasteiger partial charge in [0.1, 0.15) is 4.83 Å². The average molecular weight is 439 g/mol. The number of hydrogen-bond acceptors (Lipinski definition) is 4. The SMILES string of the molecule is CC(=O)c1sc2nc(/C=C/c3ccc(Cl)cc3)cc(-c3ccc(Cl)cc3)c2c1N. The largest absolute Gasteiger partial charge is 0.397 e. The summed E-state index contributed by atoms with van der Waals surface area (Å²) < 4.78 is 0. The van der Waals surface area contributed by atoms with Crippen molar-refractivity contribution in [3.63, 3.8) is 0 Å². The Kier molecular flexibility index (Phi) is 5.41. The minimum Gasteiger partial charge on any atom is -0.397 e. The molecular formula is C23H16Cl2N2OS. The van der Waals surface area contributed by atoms with Gasteiger partial charge in [0.25, 0.3) is 0 Å². The third-order valence-electron chi connectivity index (χ3n) is 4.51. The van der Waals surface area contributed by atoms with Gasteiger partial charge in [0.05, 0.1) is 16.3 Å². The lowest BCUT2D eigenvalue weighted by atomic mass is 10.0. The van der Waals surface area contributed by atoms with Crippen molar-refractivity contribution >= 4 is 68.4 Å². The molecule has 0 aliphatic carbocycles. The van der Waals surface area contributed by atoms with Crippen LogP contribution in [0.4, 0.5) is 5.69 Å². The predicted octanol–water partition coefficient (Wildman–Crippen LogP) is 7.23. The van der Waals surface area contributed by atoms with E-state index in [1.807, 2.05) is 66.7 Å². The lowest BCUT2D eigenvalue weighted by Gasteiger charge is -2.07. The van der Waals surface area contributed by atoms with E-state index in [-0.39, 0.29) is 5.78 Å². The van der Waals surface area contributed by atoms with Crippen molar-refractivity contribution in [1.29, 1.82) is 0 Å². The van der Waals surface area contributed by atoms with Crippen molar-refractivity contribution in [2.45, 2.75) is 6.92 Å². The number of pyridine rings is 1. The van der Waals surface area contributed by atoms with E-state index < -0.39 is 0 Å². The average Bonchev–Trinajstić information content (AvgIpc) is 3.04. The second-order valence-electron chi connectivity index (χ2n) is 6.57. The molecule has 0 radical (unpaired) electrons. The Morgan fingerprint density at radius 1 is 1.00 bits per heavy atom. The highest BCUT2D eigenvalue weighted by molar-refractivity contribution is 7.21. The fourth-order valence-corrected chi connectivity index (χ4v) is 4.37. The van der Waals surface area contributed by atoms with Crippen LogP contribution in [0.15, 0.2) is 54.6 Å². The molecular weight excluding hydrogens is 423 g/mol. The summed E-state index contributed by atoms with van der Waals surface area (Å²) in [5.74, 6) is -0.0641. The minimum absolute atomic E-state index is 0.0641. The molecule has 0 bridgehead atoms. The topological polar surface area (TPSA) is 56.0 Å². The molecule has 6 heteroatoms. The Morgan fingerprint density at radius 3 is 2.24 bits per heavy atom. The summed E-state index contributed by atoms with van der Waals surface area (Å²) in [6.07, 6.45) is 3.91. The summed E-state index contributed by atoms with van der Waals surface area (Å²) >= 11 is 13.3. The van der Waals surface area contributed by atoms with Gasteiger partial charge in [-0.05, 0) is 53.1 Å². The van der Waals surface area contributed by atoms with Crippen LogP contribution in [0.25, 0.3) is 33.5 Å². The summed E-state index contributed by atoms with van der Waals surface area (Å²) in [5, 5.41) is 2.15. The summed E-state index contributed by atoms with van der Waals surface area (Å²) in [6.45, 7) is 1.52. The van der Waals surface area contributed by atoms with E-state index in [0.717, 1.165) is 32.6 Å². The number of hydrogen-bond donors (Lipinski definition) is 1. The van der Waals surface area contributed by atoms with Crippen molar-refractivity contribution in [1.82, 2.24) is 4.98 Å². The van der Waals surface area contributed by atoms with E-state index in [4.69, 9.17) is 33.9 Å². The first-order valence-corrected chi connectivity index (χ1v) is 10.4. The van der Waals surface area contributed by atoms with Gasteiger partial charge in [-0.15, -0.1) is 11.3 Å². The third kappa shape index (κ3) is 4.06. The first-order chi connectivity index (χ1) is 13.9. The molecule has 0 amide bonds. The Bertz CT molecular complexity index is 1240. The number of aromatic nitrogens is 1. The lowest BCUT2D eigenvalue weighted by molar-refractivity contribution is 0.102. The van der Waals surface area contributed by atoms with Crippen molar-refractivity contribution in [3.8, 4) is 11.1 Å². The van der Waals surface area contributed by atoms with Gasteiger partial charge >= 0.3 is 0 Å². The van der Waals surface area contributed by atoms with Crippen LogP contribution >= 0.6 is 34.5 Å². The minimum atomic E-state index is -0.0641. The maximum atomic E-state index is 12.0. The second-order valence-corrected chi connectivity index (χ2v) is 8.44. The highest BCUT2D eigenvalue weighted by Crippen LogP contribution is 2.40. The quantitative estimate of drug-likeness (QED) is 0.342. The second kappa shape index (κ2) is 7.99. The molecule has 4 rings (SSSR count). The summed E-state index contributed by atoms with van der Waals surface area (Å²) in [4.78, 5) is 18.0. The number of halogens is 2. The van der Waals surface area contributed by atoms with Crippen molar-refractivity contribution in [3.05, 3.63) is 80.8 Å². The maximum Gasteiger partial charge on any atom is 0.171 e. The zero-order valence-corrected chi connectivity index (χ0v) is 17.8. The molecule has 3 nitrogen and oxygen atoms in total. The standard InChI is InChI=1S/C23H16Cl2N2OS/c1-13(28)22-21(26)20-19(15-5-9-17(25)10-6-15)12-18(27-23(20)29-22)11-4-14-2-7-16(24)8-3-14/h2-12H,26H2,1H3/b11-4+. The Morgan fingerprint density at radius 2 is 1.62 bits per heavy atom. The van der Waals surface area contributed by atoms with Crippen LogP contribution in [0.2, 0.25) is 10.0 Å². The Labute approximate surface area is 182 Å². The number of ketones is 1. The summed E-state index contributed by atoms with van der Waals surface area (Å²) in [5.41, 5.74) is 10.5. The van der Waals surface area contributed by atoms with E-state index in [9.17, 15) is 4.79 Å². The number of nitrogens with two attached hydrogens (primary N) is 1. The van der Waals surface area contributed by atoms with Crippen molar-refractivity contribution in [2.24, 2.45) is 0 Å². The van der Waals surface area contributed by atoms with Crippen LogP contribution in [0, 0.1) is 0 Å². The number of benzene rings is 2. The van der Waals surface area contributed by atoms with Gasteiger partial charge in [-0.1, -0.05) is 53.5 Å². The number of carbonyl (C=O) groups is 1. The van der Waals surface area contributed by atoms with Gasteiger partial charge in [-0.3, -0.25) is 4.79 Å². The third-order valence-corrected chi connectivity index (χ3v) is 6.21. The molecule has 29 heavy (non-hydrogen) atoms. The smallest absolute Gasteiger partial charge is 0.171 e. The number of anilines is 1. The molecule has 0 saturated heterocycles. The molecule has 0 spiro atoms. The maximum absolute atomic E-state index is 12.0. The molecule has 2 aromatic carbocycles. The monoisotopic (exact) mass is 438 g/mol. The van der Waals surface area contributed by atoms with Gasteiger partial charge in [0.15, 0.2) is 5.78 Å². The first kappa shape index (κ1) is 19.6. The van der Waals surface area contributed by atoms with Crippen LogP contribution in [-0.4, -0.2) is 10.8 Å². The van der Waals surface area contributed by atoms with Gasteiger partial charge in [0.2, 0.25) is 0 Å². The lowest BCUT2D eigenvalue weighted by Crippen LogP contribution is -1.95. The highest BCUT2D eigenvalue weighted by atomic mass is 35.5. The van der Waals surface area contributed by atoms with Gasteiger partial charge < -0.3 is 5.73 Å². The Hall–Kier alpha value is -2.66. The van der Waals surface area contributed by atoms with Gasteiger partial charge in [0, 0.05) is 22.4 Å². The van der Waals surface area contributed by atoms with E-state index >= 15 is 0 Å². The van der Waals surface area contributed by atoms with Crippen LogP contribution in [0.3, 0.4) is 0 Å². The van der Waals surface area contributed by atoms with E-state index in [1.54, 1.807) is 0 Å². The molecule has 0 atom stereocenters. The number of thiophene rings is 1. The van der Waals surface area contributed by atoms with Gasteiger partial charge in [-0.2, -0.15) is 0 Å². The van der Waals surface area contributed by atoms with E-state index in [0.29, 0.717) is 20.6 Å². The number of rotatable bonds is 4. The molecule has 0 fully saturated rings. The fourth-order valence-electron chi connectivity index (χ4n) is 3.10. The predicted molar refractivity (Wildman–Crippen MR) is 125 cm³/mol. The van der Waals surface area contributed by atoms with Crippen LogP contribution in [0.1, 0.15) is 27.9 Å². The van der Waals surface area contributed by atoms with Crippen molar-refractivity contribution in [2.75, 3.05) is 5.73 Å².